The van der Waals surface area contributed by atoms with E-state index < -0.39 is 5.79 Å². The van der Waals surface area contributed by atoms with Crippen molar-refractivity contribution in [2.75, 3.05) is 0 Å². The molecule has 0 aromatic carbocycles. The molecular formula is C14H12O2. The summed E-state index contributed by atoms with van der Waals surface area (Å²) in [6.45, 7) is 0. The molecule has 0 saturated carbocycles. The van der Waals surface area contributed by atoms with Gasteiger partial charge in [0.2, 0.25) is 5.79 Å². The van der Waals surface area contributed by atoms with Gasteiger partial charge >= 0.3 is 0 Å². The van der Waals surface area contributed by atoms with Gasteiger partial charge in [-0.1, -0.05) is 48.6 Å². The smallest absolute Gasteiger partial charge is 0.239 e. The summed E-state index contributed by atoms with van der Waals surface area (Å²) in [6.07, 6.45) is 17.8. The highest BCUT2D eigenvalue weighted by Crippen LogP contribution is 2.42. The van der Waals surface area contributed by atoms with Crippen LogP contribution in [0.15, 0.2) is 71.6 Å². The first-order valence-corrected chi connectivity index (χ1v) is 5.34. The highest BCUT2D eigenvalue weighted by molar-refractivity contribution is 5.55. The zero-order valence-electron chi connectivity index (χ0n) is 8.76. The maximum atomic E-state index is 10.4. The minimum atomic E-state index is -1.19. The number of hydrogen-bond donors (Lipinski definition) is 1. The van der Waals surface area contributed by atoms with E-state index in [1.807, 2.05) is 54.7 Å². The van der Waals surface area contributed by atoms with Gasteiger partial charge in [-0.15, -0.1) is 0 Å². The molecule has 2 heteroatoms. The summed E-state index contributed by atoms with van der Waals surface area (Å²) in [6, 6.07) is 0. The molecule has 1 heterocycles. The highest BCUT2D eigenvalue weighted by Gasteiger charge is 2.41. The summed E-state index contributed by atoms with van der Waals surface area (Å²) in [7, 11) is 0. The van der Waals surface area contributed by atoms with E-state index in [1.165, 1.54) is 0 Å². The lowest BCUT2D eigenvalue weighted by Gasteiger charge is -2.22. The second kappa shape index (κ2) is 3.35. The predicted molar refractivity (Wildman–Crippen MR) is 62.3 cm³/mol. The number of ether oxygens (including phenoxy) is 1. The standard InChI is InChI=1S/C14H12O2/c15-14-10-6-2-4-8-12(14)11-7-3-1-5-9-13(11)16-14/h1-9,15H,10H2. The van der Waals surface area contributed by atoms with Gasteiger partial charge in [-0.2, -0.15) is 0 Å². The minimum absolute atomic E-state index is 0.480. The van der Waals surface area contributed by atoms with E-state index in [2.05, 4.69) is 0 Å². The molecule has 0 bridgehead atoms. The van der Waals surface area contributed by atoms with Gasteiger partial charge in [0.05, 0.1) is 0 Å². The fourth-order valence-electron chi connectivity index (χ4n) is 2.12. The van der Waals surface area contributed by atoms with Gasteiger partial charge in [-0.3, -0.25) is 0 Å². The first-order valence-electron chi connectivity index (χ1n) is 5.34. The molecule has 80 valence electrons. The zero-order chi connectivity index (χ0) is 11.0. The van der Waals surface area contributed by atoms with Crippen molar-refractivity contribution in [1.82, 2.24) is 0 Å². The first kappa shape index (κ1) is 9.43. The Morgan fingerprint density at radius 1 is 1.06 bits per heavy atom. The molecule has 16 heavy (non-hydrogen) atoms. The lowest BCUT2D eigenvalue weighted by atomic mass is 9.99. The fraction of sp³-hybridized carbons (Fsp3) is 0.143. The fourth-order valence-corrected chi connectivity index (χ4v) is 2.12. The molecule has 0 radical (unpaired) electrons. The number of aliphatic hydroxyl groups is 1. The van der Waals surface area contributed by atoms with E-state index in [0.29, 0.717) is 6.42 Å². The third-order valence-electron chi connectivity index (χ3n) is 2.89. The second-order valence-electron chi connectivity index (χ2n) is 3.98. The first-order chi connectivity index (χ1) is 7.80. The third kappa shape index (κ3) is 1.31. The van der Waals surface area contributed by atoms with Gasteiger partial charge in [0.15, 0.2) is 0 Å². The molecule has 2 aliphatic carbocycles. The molecular weight excluding hydrogens is 200 g/mol. The average molecular weight is 212 g/mol. The van der Waals surface area contributed by atoms with Crippen molar-refractivity contribution in [3.8, 4) is 0 Å². The van der Waals surface area contributed by atoms with Crippen LogP contribution in [0.3, 0.4) is 0 Å². The van der Waals surface area contributed by atoms with E-state index in [4.69, 9.17) is 4.74 Å². The Balaban J connectivity index is 2.18. The summed E-state index contributed by atoms with van der Waals surface area (Å²) < 4.78 is 5.65. The zero-order valence-corrected chi connectivity index (χ0v) is 8.76. The van der Waals surface area contributed by atoms with Crippen molar-refractivity contribution in [3.63, 3.8) is 0 Å². The Kier molecular flexibility index (Phi) is 1.98. The topological polar surface area (TPSA) is 29.5 Å². The molecule has 3 aliphatic rings. The second-order valence-corrected chi connectivity index (χ2v) is 3.98. The van der Waals surface area contributed by atoms with Gasteiger partial charge in [0, 0.05) is 17.6 Å². The normalized spacial score (nSPS) is 30.4. The van der Waals surface area contributed by atoms with Crippen LogP contribution < -0.4 is 0 Å². The van der Waals surface area contributed by atoms with Crippen molar-refractivity contribution < 1.29 is 9.84 Å². The molecule has 1 N–H and O–H groups in total. The van der Waals surface area contributed by atoms with Crippen LogP contribution in [0.4, 0.5) is 0 Å². The SMILES string of the molecule is OC12CC=CC=CC1=C1C=CC=CC=C1O2. The predicted octanol–water partition coefficient (Wildman–Crippen LogP) is 2.53. The van der Waals surface area contributed by atoms with Gasteiger partial charge < -0.3 is 9.84 Å². The minimum Gasteiger partial charge on any atom is -0.457 e. The molecule has 3 rings (SSSR count). The van der Waals surface area contributed by atoms with Gasteiger partial charge in [-0.05, 0) is 6.08 Å². The van der Waals surface area contributed by atoms with Crippen LogP contribution in [0.2, 0.25) is 0 Å². The molecule has 0 amide bonds. The maximum Gasteiger partial charge on any atom is 0.239 e. The van der Waals surface area contributed by atoms with Crippen molar-refractivity contribution in [2.45, 2.75) is 12.2 Å². The molecule has 0 spiro atoms. The third-order valence-corrected chi connectivity index (χ3v) is 2.89. The summed E-state index contributed by atoms with van der Waals surface area (Å²) in [5.74, 6) is -0.456. The Labute approximate surface area is 94.2 Å². The van der Waals surface area contributed by atoms with E-state index >= 15 is 0 Å². The van der Waals surface area contributed by atoms with E-state index in [-0.39, 0.29) is 0 Å². The quantitative estimate of drug-likeness (QED) is 0.668. The van der Waals surface area contributed by atoms with Crippen LogP contribution in [-0.2, 0) is 4.74 Å². The summed E-state index contributed by atoms with van der Waals surface area (Å²) in [5.41, 5.74) is 1.80. The average Bonchev–Trinajstić information content (AvgIpc) is 2.50. The molecule has 0 aromatic rings. The Morgan fingerprint density at radius 3 is 2.88 bits per heavy atom. The Morgan fingerprint density at radius 2 is 1.94 bits per heavy atom. The van der Waals surface area contributed by atoms with Gasteiger partial charge in [0.25, 0.3) is 0 Å². The molecule has 0 saturated heterocycles. The van der Waals surface area contributed by atoms with Crippen LogP contribution in [-0.4, -0.2) is 10.9 Å². The van der Waals surface area contributed by atoms with Crippen LogP contribution in [0.5, 0.6) is 0 Å². The summed E-state index contributed by atoms with van der Waals surface area (Å²) in [5, 5.41) is 10.4. The van der Waals surface area contributed by atoms with Crippen molar-refractivity contribution in [3.05, 3.63) is 71.6 Å². The van der Waals surface area contributed by atoms with E-state index in [0.717, 1.165) is 16.9 Å². The van der Waals surface area contributed by atoms with Crippen LogP contribution in [0.25, 0.3) is 0 Å². The van der Waals surface area contributed by atoms with Crippen LogP contribution in [0, 0.1) is 0 Å². The molecule has 1 atom stereocenters. The van der Waals surface area contributed by atoms with Crippen LogP contribution >= 0.6 is 0 Å². The van der Waals surface area contributed by atoms with Crippen molar-refractivity contribution in [1.29, 1.82) is 0 Å². The Hall–Kier alpha value is -1.80. The molecule has 1 aliphatic heterocycles. The largest absolute Gasteiger partial charge is 0.457 e. The summed E-state index contributed by atoms with van der Waals surface area (Å²) >= 11 is 0. The number of hydrogen-bond acceptors (Lipinski definition) is 2. The van der Waals surface area contributed by atoms with E-state index in [9.17, 15) is 5.11 Å². The number of allylic oxidation sites excluding steroid dienone is 7. The highest BCUT2D eigenvalue weighted by atomic mass is 16.6. The van der Waals surface area contributed by atoms with Crippen LogP contribution in [0.1, 0.15) is 6.42 Å². The lowest BCUT2D eigenvalue weighted by Crippen LogP contribution is -2.28. The molecule has 0 aromatic heterocycles. The molecule has 0 fully saturated rings. The van der Waals surface area contributed by atoms with Gasteiger partial charge in [-0.25, -0.2) is 0 Å². The number of fused-ring (bicyclic) bond motifs is 2. The van der Waals surface area contributed by atoms with Crippen molar-refractivity contribution >= 4 is 0 Å². The summed E-state index contributed by atoms with van der Waals surface area (Å²) in [4.78, 5) is 0. The molecule has 2 nitrogen and oxygen atoms in total. The van der Waals surface area contributed by atoms with Gasteiger partial charge in [0.1, 0.15) is 5.76 Å². The maximum absolute atomic E-state index is 10.4. The van der Waals surface area contributed by atoms with Crippen molar-refractivity contribution in [2.24, 2.45) is 0 Å². The van der Waals surface area contributed by atoms with E-state index in [1.54, 1.807) is 0 Å². The Bertz CT molecular complexity index is 501. The molecule has 1 unspecified atom stereocenters. The lowest BCUT2D eigenvalue weighted by molar-refractivity contribution is -0.126. The number of rotatable bonds is 0. The monoisotopic (exact) mass is 212 g/mol.